The van der Waals surface area contributed by atoms with Crippen molar-refractivity contribution in [2.24, 2.45) is 0 Å². The lowest BCUT2D eigenvalue weighted by Crippen LogP contribution is -2.23. The second-order valence-corrected chi connectivity index (χ2v) is 4.21. The Morgan fingerprint density at radius 1 is 1.21 bits per heavy atom. The predicted octanol–water partition coefficient (Wildman–Crippen LogP) is 2.56. The van der Waals surface area contributed by atoms with Gasteiger partial charge < -0.3 is 5.11 Å². The standard InChI is InChI=1S/C15H15NO3/c1-11-7-8-13(9-14(11)17)15(18)16-19-10-12-5-3-2-4-6-12/h2-9,17H,10H2,1H3,(H,16,18). The first-order chi connectivity index (χ1) is 9.16. The van der Waals surface area contributed by atoms with Crippen LogP contribution in [0.1, 0.15) is 21.5 Å². The number of hydrogen-bond acceptors (Lipinski definition) is 3. The average Bonchev–Trinajstić information content (AvgIpc) is 2.43. The van der Waals surface area contributed by atoms with Gasteiger partial charge in [0.25, 0.3) is 5.91 Å². The van der Waals surface area contributed by atoms with Gasteiger partial charge in [-0.1, -0.05) is 36.4 Å². The summed E-state index contributed by atoms with van der Waals surface area (Å²) in [5, 5.41) is 9.53. The maximum Gasteiger partial charge on any atom is 0.274 e. The van der Waals surface area contributed by atoms with E-state index >= 15 is 0 Å². The Balaban J connectivity index is 1.89. The minimum Gasteiger partial charge on any atom is -0.508 e. The van der Waals surface area contributed by atoms with Crippen LogP contribution in [0.25, 0.3) is 0 Å². The van der Waals surface area contributed by atoms with Gasteiger partial charge in [-0.2, -0.15) is 0 Å². The van der Waals surface area contributed by atoms with Crippen molar-refractivity contribution in [2.45, 2.75) is 13.5 Å². The molecule has 0 unspecified atom stereocenters. The van der Waals surface area contributed by atoms with E-state index in [0.29, 0.717) is 12.2 Å². The fraction of sp³-hybridized carbons (Fsp3) is 0.133. The van der Waals surface area contributed by atoms with Gasteiger partial charge >= 0.3 is 0 Å². The average molecular weight is 257 g/mol. The van der Waals surface area contributed by atoms with E-state index in [-0.39, 0.29) is 11.7 Å². The second-order valence-electron chi connectivity index (χ2n) is 4.21. The number of nitrogens with one attached hydrogen (secondary N) is 1. The number of carbonyl (C=O) groups excluding carboxylic acids is 1. The third-order valence-corrected chi connectivity index (χ3v) is 2.72. The molecular formula is C15H15NO3. The van der Waals surface area contributed by atoms with Crippen molar-refractivity contribution in [1.29, 1.82) is 0 Å². The zero-order valence-corrected chi connectivity index (χ0v) is 10.6. The summed E-state index contributed by atoms with van der Waals surface area (Å²) in [6.45, 7) is 2.06. The second kappa shape index (κ2) is 6.02. The molecule has 2 rings (SSSR count). The molecule has 19 heavy (non-hydrogen) atoms. The molecule has 98 valence electrons. The number of amides is 1. The molecule has 4 nitrogen and oxygen atoms in total. The van der Waals surface area contributed by atoms with Crippen molar-refractivity contribution < 1.29 is 14.7 Å². The highest BCUT2D eigenvalue weighted by atomic mass is 16.6. The van der Waals surface area contributed by atoms with Crippen LogP contribution in [0.5, 0.6) is 5.75 Å². The lowest BCUT2D eigenvalue weighted by atomic mass is 10.1. The molecule has 0 aliphatic carbocycles. The van der Waals surface area contributed by atoms with Gasteiger partial charge in [-0.3, -0.25) is 9.63 Å². The summed E-state index contributed by atoms with van der Waals surface area (Å²) in [6, 6.07) is 14.3. The smallest absolute Gasteiger partial charge is 0.274 e. The summed E-state index contributed by atoms with van der Waals surface area (Å²) in [5.74, 6) is -0.290. The van der Waals surface area contributed by atoms with Crippen LogP contribution in [-0.2, 0) is 11.4 Å². The van der Waals surface area contributed by atoms with Gasteiger partial charge in [0.15, 0.2) is 0 Å². The molecule has 0 aliphatic heterocycles. The van der Waals surface area contributed by atoms with Crippen LogP contribution in [-0.4, -0.2) is 11.0 Å². The van der Waals surface area contributed by atoms with Crippen LogP contribution in [0.4, 0.5) is 0 Å². The molecular weight excluding hydrogens is 242 g/mol. The van der Waals surface area contributed by atoms with E-state index in [1.807, 2.05) is 30.3 Å². The van der Waals surface area contributed by atoms with Crippen LogP contribution in [0.15, 0.2) is 48.5 Å². The number of carbonyl (C=O) groups is 1. The Labute approximate surface area is 111 Å². The molecule has 2 aromatic carbocycles. The number of benzene rings is 2. The quantitative estimate of drug-likeness (QED) is 0.828. The number of aryl methyl sites for hydroxylation is 1. The van der Waals surface area contributed by atoms with Crippen molar-refractivity contribution in [3.05, 3.63) is 65.2 Å². The number of hydroxylamine groups is 1. The highest BCUT2D eigenvalue weighted by molar-refractivity contribution is 5.93. The zero-order chi connectivity index (χ0) is 13.7. The van der Waals surface area contributed by atoms with Gasteiger partial charge in [0, 0.05) is 5.56 Å². The molecule has 4 heteroatoms. The minimum absolute atomic E-state index is 0.0932. The number of rotatable bonds is 4. The normalized spacial score (nSPS) is 10.2. The molecule has 1 amide bonds. The molecule has 2 N–H and O–H groups in total. The van der Waals surface area contributed by atoms with Gasteiger partial charge in [0.05, 0.1) is 6.61 Å². The SMILES string of the molecule is Cc1ccc(C(=O)NOCc2ccccc2)cc1O. The van der Waals surface area contributed by atoms with Crippen molar-refractivity contribution >= 4 is 5.91 Å². The van der Waals surface area contributed by atoms with Crippen LogP contribution < -0.4 is 5.48 Å². The van der Waals surface area contributed by atoms with Gasteiger partial charge in [-0.05, 0) is 30.2 Å². The van der Waals surface area contributed by atoms with E-state index in [0.717, 1.165) is 11.1 Å². The molecule has 0 bridgehead atoms. The molecule has 0 atom stereocenters. The van der Waals surface area contributed by atoms with Crippen molar-refractivity contribution in [3.63, 3.8) is 0 Å². The fourth-order valence-corrected chi connectivity index (χ4v) is 1.57. The molecule has 0 spiro atoms. The van der Waals surface area contributed by atoms with Crippen molar-refractivity contribution in [2.75, 3.05) is 0 Å². The van der Waals surface area contributed by atoms with E-state index in [4.69, 9.17) is 4.84 Å². The van der Waals surface area contributed by atoms with Gasteiger partial charge in [-0.25, -0.2) is 5.48 Å². The molecule has 0 aliphatic rings. The number of hydrogen-bond donors (Lipinski definition) is 2. The lowest BCUT2D eigenvalue weighted by Gasteiger charge is -2.07. The van der Waals surface area contributed by atoms with Crippen LogP contribution in [0.2, 0.25) is 0 Å². The molecule has 2 aromatic rings. The maximum absolute atomic E-state index is 11.8. The Hall–Kier alpha value is -2.33. The summed E-state index contributed by atoms with van der Waals surface area (Å²) >= 11 is 0. The van der Waals surface area contributed by atoms with E-state index in [9.17, 15) is 9.90 Å². The third-order valence-electron chi connectivity index (χ3n) is 2.72. The summed E-state index contributed by atoms with van der Waals surface area (Å²) in [4.78, 5) is 16.9. The largest absolute Gasteiger partial charge is 0.508 e. The Morgan fingerprint density at radius 2 is 1.95 bits per heavy atom. The van der Waals surface area contributed by atoms with Gasteiger partial charge in [0.2, 0.25) is 0 Å². The summed E-state index contributed by atoms with van der Waals surface area (Å²) in [7, 11) is 0. The maximum atomic E-state index is 11.8. The van der Waals surface area contributed by atoms with Gasteiger partial charge in [0.1, 0.15) is 5.75 Å². The van der Waals surface area contributed by atoms with E-state index < -0.39 is 0 Å². The molecule has 0 heterocycles. The number of phenols is 1. The highest BCUT2D eigenvalue weighted by Crippen LogP contribution is 2.17. The molecule has 0 saturated carbocycles. The molecule has 0 saturated heterocycles. The lowest BCUT2D eigenvalue weighted by molar-refractivity contribution is 0.0233. The topological polar surface area (TPSA) is 58.6 Å². The Morgan fingerprint density at radius 3 is 2.63 bits per heavy atom. The zero-order valence-electron chi connectivity index (χ0n) is 10.6. The van der Waals surface area contributed by atoms with Gasteiger partial charge in [-0.15, -0.1) is 0 Å². The summed E-state index contributed by atoms with van der Waals surface area (Å²) in [6.07, 6.45) is 0. The first-order valence-corrected chi connectivity index (χ1v) is 5.92. The predicted molar refractivity (Wildman–Crippen MR) is 71.5 cm³/mol. The monoisotopic (exact) mass is 257 g/mol. The summed E-state index contributed by atoms with van der Waals surface area (Å²) in [5.41, 5.74) is 4.39. The minimum atomic E-state index is -0.383. The van der Waals surface area contributed by atoms with Crippen molar-refractivity contribution in [3.8, 4) is 5.75 Å². The molecule has 0 radical (unpaired) electrons. The molecule has 0 aromatic heterocycles. The Kier molecular flexibility index (Phi) is 4.15. The van der Waals surface area contributed by atoms with E-state index in [1.165, 1.54) is 6.07 Å². The van der Waals surface area contributed by atoms with Crippen molar-refractivity contribution in [1.82, 2.24) is 5.48 Å². The first kappa shape index (κ1) is 13.1. The van der Waals surface area contributed by atoms with E-state index in [1.54, 1.807) is 19.1 Å². The van der Waals surface area contributed by atoms with E-state index in [2.05, 4.69) is 5.48 Å². The number of aromatic hydroxyl groups is 1. The molecule has 0 fully saturated rings. The highest BCUT2D eigenvalue weighted by Gasteiger charge is 2.07. The third kappa shape index (κ3) is 3.56. The van der Waals surface area contributed by atoms with Crippen LogP contribution in [0.3, 0.4) is 0 Å². The van der Waals surface area contributed by atoms with Crippen LogP contribution in [0, 0.1) is 6.92 Å². The summed E-state index contributed by atoms with van der Waals surface area (Å²) < 4.78 is 0. The fourth-order valence-electron chi connectivity index (χ4n) is 1.57. The first-order valence-electron chi connectivity index (χ1n) is 5.92. The van der Waals surface area contributed by atoms with Crippen LogP contribution >= 0.6 is 0 Å². The Bertz CT molecular complexity index is 567. The number of phenolic OH excluding ortho intramolecular Hbond substituents is 1.